The summed E-state index contributed by atoms with van der Waals surface area (Å²) in [7, 11) is -3.96. The molecule has 0 aromatic rings. The molecule has 0 aromatic carbocycles. The summed E-state index contributed by atoms with van der Waals surface area (Å²) in [6.45, 7) is 3.32. The molecule has 10 heavy (non-hydrogen) atoms. The lowest BCUT2D eigenvalue weighted by Gasteiger charge is -2.19. The second-order valence-electron chi connectivity index (χ2n) is 2.42. The van der Waals surface area contributed by atoms with Crippen LogP contribution in [0, 0.1) is 0 Å². The summed E-state index contributed by atoms with van der Waals surface area (Å²) < 4.78 is 10.6. The molecule has 0 saturated heterocycles. The normalized spacial score (nSPS) is 18.5. The predicted molar refractivity (Wildman–Crippen MR) is 39.8 cm³/mol. The van der Waals surface area contributed by atoms with E-state index in [-0.39, 0.29) is 0 Å². The molecule has 0 amide bonds. The third-order valence-corrected chi connectivity index (χ3v) is 3.16. The fraction of sp³-hybridized carbons (Fsp3) is 1.00. The van der Waals surface area contributed by atoms with Crippen molar-refractivity contribution in [2.75, 3.05) is 0 Å². The van der Waals surface area contributed by atoms with Crippen LogP contribution in [0.5, 0.6) is 0 Å². The van der Waals surface area contributed by atoms with Gasteiger partial charge in [-0.2, -0.15) is 0 Å². The van der Waals surface area contributed by atoms with Gasteiger partial charge in [-0.15, -0.1) is 0 Å². The molecule has 0 heterocycles. The molecular formula is C5H14NO3P. The van der Waals surface area contributed by atoms with Crippen molar-refractivity contribution in [2.24, 2.45) is 5.73 Å². The lowest BCUT2D eigenvalue weighted by molar-refractivity contribution is 0.348. The standard InChI is InChI=1S/C5H14NO3P/c1-3-5(4(2)6)10(7,8)9/h4-5H,3,6H2,1-2H3,(H2,7,8,9). The Morgan fingerprint density at radius 1 is 1.60 bits per heavy atom. The van der Waals surface area contributed by atoms with Gasteiger partial charge < -0.3 is 15.5 Å². The van der Waals surface area contributed by atoms with Gasteiger partial charge in [-0.25, -0.2) is 0 Å². The van der Waals surface area contributed by atoms with Crippen molar-refractivity contribution in [1.82, 2.24) is 0 Å². The summed E-state index contributed by atoms with van der Waals surface area (Å²) in [4.78, 5) is 17.4. The van der Waals surface area contributed by atoms with Gasteiger partial charge >= 0.3 is 7.60 Å². The van der Waals surface area contributed by atoms with Crippen LogP contribution in [-0.4, -0.2) is 21.5 Å². The molecule has 0 bridgehead atoms. The second kappa shape index (κ2) is 3.49. The predicted octanol–water partition coefficient (Wildman–Crippen LogP) is 0.290. The third-order valence-electron chi connectivity index (χ3n) is 1.46. The highest BCUT2D eigenvalue weighted by molar-refractivity contribution is 7.52. The zero-order valence-corrected chi connectivity index (χ0v) is 7.08. The van der Waals surface area contributed by atoms with Crippen LogP contribution in [0.4, 0.5) is 0 Å². The highest BCUT2D eigenvalue weighted by Crippen LogP contribution is 2.43. The van der Waals surface area contributed by atoms with Gasteiger partial charge in [0.15, 0.2) is 0 Å². The van der Waals surface area contributed by atoms with E-state index < -0.39 is 19.3 Å². The Labute approximate surface area is 60.6 Å². The van der Waals surface area contributed by atoms with Gasteiger partial charge in [0.25, 0.3) is 0 Å². The van der Waals surface area contributed by atoms with Gasteiger partial charge in [0, 0.05) is 6.04 Å². The van der Waals surface area contributed by atoms with Gasteiger partial charge in [0.2, 0.25) is 0 Å². The maximum Gasteiger partial charge on any atom is 0.330 e. The Bertz CT molecular complexity index is 142. The number of rotatable bonds is 3. The average molecular weight is 167 g/mol. The van der Waals surface area contributed by atoms with Crippen LogP contribution in [-0.2, 0) is 4.57 Å². The van der Waals surface area contributed by atoms with E-state index >= 15 is 0 Å². The van der Waals surface area contributed by atoms with E-state index in [9.17, 15) is 4.57 Å². The molecule has 4 N–H and O–H groups in total. The lowest BCUT2D eigenvalue weighted by Crippen LogP contribution is -2.30. The maximum absolute atomic E-state index is 10.6. The molecular weight excluding hydrogens is 153 g/mol. The van der Waals surface area contributed by atoms with E-state index in [1.165, 1.54) is 0 Å². The topological polar surface area (TPSA) is 83.6 Å². The van der Waals surface area contributed by atoms with Crippen LogP contribution >= 0.6 is 7.60 Å². The molecule has 2 atom stereocenters. The van der Waals surface area contributed by atoms with E-state index in [0.717, 1.165) is 0 Å². The van der Waals surface area contributed by atoms with Crippen molar-refractivity contribution in [1.29, 1.82) is 0 Å². The van der Waals surface area contributed by atoms with E-state index in [4.69, 9.17) is 15.5 Å². The molecule has 0 fully saturated rings. The fourth-order valence-electron chi connectivity index (χ4n) is 0.916. The Kier molecular flexibility index (Phi) is 3.52. The van der Waals surface area contributed by atoms with Crippen LogP contribution in [0.1, 0.15) is 20.3 Å². The molecule has 0 radical (unpaired) electrons. The first-order chi connectivity index (χ1) is 4.39. The van der Waals surface area contributed by atoms with Crippen molar-refractivity contribution in [3.63, 3.8) is 0 Å². The van der Waals surface area contributed by atoms with Crippen molar-refractivity contribution in [3.8, 4) is 0 Å². The Hall–Kier alpha value is 0.110. The largest absolute Gasteiger partial charge is 0.330 e. The van der Waals surface area contributed by atoms with Crippen LogP contribution in [0.2, 0.25) is 0 Å². The minimum Gasteiger partial charge on any atom is -0.327 e. The fourth-order valence-corrected chi connectivity index (χ4v) is 2.00. The Balaban J connectivity index is 4.22. The second-order valence-corrected chi connectivity index (χ2v) is 4.27. The molecule has 0 spiro atoms. The zero-order valence-electron chi connectivity index (χ0n) is 6.19. The highest BCUT2D eigenvalue weighted by Gasteiger charge is 2.29. The van der Waals surface area contributed by atoms with Gasteiger partial charge in [-0.3, -0.25) is 4.57 Å². The zero-order chi connectivity index (χ0) is 8.36. The van der Waals surface area contributed by atoms with E-state index in [2.05, 4.69) is 0 Å². The molecule has 0 saturated carbocycles. The minimum absolute atomic E-state index is 0.419. The highest BCUT2D eigenvalue weighted by atomic mass is 31.2. The molecule has 2 unspecified atom stereocenters. The number of hydrogen-bond donors (Lipinski definition) is 3. The van der Waals surface area contributed by atoms with Crippen LogP contribution in [0.3, 0.4) is 0 Å². The summed E-state index contributed by atoms with van der Waals surface area (Å²) in [5.74, 6) is 0. The summed E-state index contributed by atoms with van der Waals surface area (Å²) in [5, 5.41) is 0. The van der Waals surface area contributed by atoms with Gasteiger partial charge in [0.05, 0.1) is 5.66 Å². The van der Waals surface area contributed by atoms with Crippen molar-refractivity contribution < 1.29 is 14.4 Å². The Morgan fingerprint density at radius 3 is 2.00 bits per heavy atom. The van der Waals surface area contributed by atoms with Gasteiger partial charge in [-0.1, -0.05) is 6.92 Å². The molecule has 0 aromatic heterocycles. The smallest absolute Gasteiger partial charge is 0.327 e. The molecule has 0 aliphatic carbocycles. The van der Waals surface area contributed by atoms with E-state index in [1.54, 1.807) is 13.8 Å². The van der Waals surface area contributed by atoms with Gasteiger partial charge in [0.1, 0.15) is 0 Å². The van der Waals surface area contributed by atoms with Crippen LogP contribution in [0.25, 0.3) is 0 Å². The third kappa shape index (κ3) is 2.80. The average Bonchev–Trinajstić information content (AvgIpc) is 1.60. The monoisotopic (exact) mass is 167 g/mol. The molecule has 62 valence electrons. The number of hydrogen-bond acceptors (Lipinski definition) is 2. The molecule has 0 aliphatic heterocycles. The van der Waals surface area contributed by atoms with Crippen LogP contribution in [0.15, 0.2) is 0 Å². The Morgan fingerprint density at radius 2 is 2.00 bits per heavy atom. The van der Waals surface area contributed by atoms with Crippen molar-refractivity contribution in [2.45, 2.75) is 32.0 Å². The number of nitrogens with two attached hydrogens (primary N) is 1. The quantitative estimate of drug-likeness (QED) is 0.527. The minimum atomic E-state index is -3.96. The van der Waals surface area contributed by atoms with Crippen LogP contribution < -0.4 is 5.73 Å². The molecule has 5 heteroatoms. The van der Waals surface area contributed by atoms with Crippen molar-refractivity contribution >= 4 is 7.60 Å². The van der Waals surface area contributed by atoms with Gasteiger partial charge in [-0.05, 0) is 13.3 Å². The summed E-state index contributed by atoms with van der Waals surface area (Å²) in [5.41, 5.74) is 4.65. The first-order valence-electron chi connectivity index (χ1n) is 3.20. The molecule has 0 aliphatic rings. The summed E-state index contributed by atoms with van der Waals surface area (Å²) >= 11 is 0. The lowest BCUT2D eigenvalue weighted by atomic mass is 10.2. The first kappa shape index (κ1) is 10.1. The van der Waals surface area contributed by atoms with Crippen molar-refractivity contribution in [3.05, 3.63) is 0 Å². The summed E-state index contributed by atoms with van der Waals surface area (Å²) in [6.07, 6.45) is 0.419. The maximum atomic E-state index is 10.6. The summed E-state index contributed by atoms with van der Waals surface area (Å²) in [6, 6.07) is -0.439. The first-order valence-corrected chi connectivity index (χ1v) is 4.88. The van der Waals surface area contributed by atoms with E-state index in [1.807, 2.05) is 0 Å². The molecule has 4 nitrogen and oxygen atoms in total. The SMILES string of the molecule is CCC(C(C)N)P(=O)(O)O. The molecule has 0 rings (SSSR count). The van der Waals surface area contributed by atoms with E-state index in [0.29, 0.717) is 6.42 Å².